The molecule has 5 rings (SSSR count). The second-order valence-electron chi connectivity index (χ2n) is 8.73. The lowest BCUT2D eigenvalue weighted by molar-refractivity contribution is -0.123. The van der Waals surface area contributed by atoms with Gasteiger partial charge < -0.3 is 5.32 Å². The third-order valence-corrected chi connectivity index (χ3v) is 8.31. The van der Waals surface area contributed by atoms with Crippen LogP contribution in [-0.4, -0.2) is 45.6 Å². The molecule has 2 unspecified atom stereocenters. The second-order valence-corrected chi connectivity index (χ2v) is 10.7. The lowest BCUT2D eigenvalue weighted by Gasteiger charge is -2.41. The Morgan fingerprint density at radius 1 is 1.33 bits per heavy atom. The van der Waals surface area contributed by atoms with Crippen LogP contribution >= 0.6 is 11.0 Å². The number of halogens is 2. The molecule has 1 aliphatic heterocycles. The SMILES string of the molecule is CN1c2nc(C3=CCC(NC(=O)C4CC4)CC3)ccc2N(CC2CC2(F)F)S1(O)O. The van der Waals surface area contributed by atoms with E-state index in [1.807, 2.05) is 0 Å². The Morgan fingerprint density at radius 3 is 2.67 bits per heavy atom. The highest BCUT2D eigenvalue weighted by Crippen LogP contribution is 2.62. The highest BCUT2D eigenvalue weighted by molar-refractivity contribution is 8.26. The minimum absolute atomic E-state index is 0.112. The summed E-state index contributed by atoms with van der Waals surface area (Å²) in [5.41, 5.74) is 2.25. The number of nitrogens with one attached hydrogen (secondary N) is 1. The summed E-state index contributed by atoms with van der Waals surface area (Å²) in [6.07, 6.45) is 6.15. The smallest absolute Gasteiger partial charge is 0.253 e. The van der Waals surface area contributed by atoms with Gasteiger partial charge in [-0.2, -0.15) is 0 Å². The molecule has 2 heterocycles. The average Bonchev–Trinajstić information content (AvgIpc) is 3.62. The van der Waals surface area contributed by atoms with E-state index in [4.69, 9.17) is 0 Å². The number of alkyl halides is 2. The summed E-state index contributed by atoms with van der Waals surface area (Å²) in [6.45, 7) is -0.112. The summed E-state index contributed by atoms with van der Waals surface area (Å²) in [5, 5.41) is 3.11. The van der Waals surface area contributed by atoms with Crippen molar-refractivity contribution in [2.24, 2.45) is 11.8 Å². The van der Waals surface area contributed by atoms with Crippen LogP contribution in [0.5, 0.6) is 0 Å². The molecule has 1 aromatic heterocycles. The van der Waals surface area contributed by atoms with E-state index < -0.39 is 22.8 Å². The fourth-order valence-electron chi connectivity index (χ4n) is 4.17. The molecule has 0 aromatic carbocycles. The molecule has 3 aliphatic carbocycles. The number of anilines is 2. The van der Waals surface area contributed by atoms with Crippen LogP contribution in [0.15, 0.2) is 18.2 Å². The van der Waals surface area contributed by atoms with Crippen LogP contribution in [0.25, 0.3) is 5.57 Å². The Bertz CT molecular complexity index is 921. The molecule has 0 bridgehead atoms. The molecule has 7 nitrogen and oxygen atoms in total. The summed E-state index contributed by atoms with van der Waals surface area (Å²) < 4.78 is 50.6. The van der Waals surface area contributed by atoms with Crippen molar-refractivity contribution in [2.45, 2.75) is 50.5 Å². The number of rotatable bonds is 5. The molecule has 1 aromatic rings. The van der Waals surface area contributed by atoms with Crippen LogP contribution in [0.1, 0.15) is 44.2 Å². The first-order valence-corrected chi connectivity index (χ1v) is 11.8. The van der Waals surface area contributed by atoms with Crippen LogP contribution in [0, 0.1) is 11.8 Å². The first kappa shape index (κ1) is 20.0. The normalized spacial score (nSPS) is 29.8. The summed E-state index contributed by atoms with van der Waals surface area (Å²) >= 11 is 0. The number of pyridine rings is 1. The van der Waals surface area contributed by atoms with Crippen molar-refractivity contribution in [3.63, 3.8) is 0 Å². The van der Waals surface area contributed by atoms with Gasteiger partial charge in [-0.05, 0) is 60.8 Å². The molecule has 1 amide bonds. The first-order chi connectivity index (χ1) is 14.2. The zero-order valence-corrected chi connectivity index (χ0v) is 17.5. The third-order valence-electron chi connectivity index (χ3n) is 6.46. The predicted octanol–water partition coefficient (Wildman–Crippen LogP) is 4.04. The first-order valence-electron chi connectivity index (χ1n) is 10.4. The number of aromatic nitrogens is 1. The quantitative estimate of drug-likeness (QED) is 0.641. The van der Waals surface area contributed by atoms with Gasteiger partial charge in [-0.3, -0.25) is 13.9 Å². The molecule has 2 fully saturated rings. The molecule has 164 valence electrons. The highest BCUT2D eigenvalue weighted by Gasteiger charge is 2.59. The Balaban J connectivity index is 1.32. The van der Waals surface area contributed by atoms with Crippen molar-refractivity contribution in [1.82, 2.24) is 10.3 Å². The number of amides is 1. The standard InChI is InChI=1S/C20H26F2N4O3S/c1-25-18-17(26(30(25,28)29)11-14-10-20(14,21)22)9-8-16(24-18)12-4-6-15(7-5-12)23-19(27)13-2-3-13/h4,8-9,13-15,28-29H,2-3,5-7,10-11H2,1H3,(H,23,27). The number of nitrogens with zero attached hydrogens (tertiary/aromatic N) is 3. The van der Waals surface area contributed by atoms with Crippen molar-refractivity contribution in [1.29, 1.82) is 0 Å². The van der Waals surface area contributed by atoms with E-state index in [2.05, 4.69) is 16.4 Å². The molecule has 0 spiro atoms. The van der Waals surface area contributed by atoms with Crippen molar-refractivity contribution < 1.29 is 22.7 Å². The van der Waals surface area contributed by atoms with E-state index in [1.54, 1.807) is 12.1 Å². The maximum Gasteiger partial charge on any atom is 0.253 e. The number of carbonyl (C=O) groups is 1. The van der Waals surface area contributed by atoms with Gasteiger partial charge in [0.2, 0.25) is 5.91 Å². The van der Waals surface area contributed by atoms with E-state index in [0.717, 1.165) is 43.4 Å². The van der Waals surface area contributed by atoms with Gasteiger partial charge in [0.25, 0.3) is 5.92 Å². The number of hydrogen-bond donors (Lipinski definition) is 3. The molecule has 4 aliphatic rings. The van der Waals surface area contributed by atoms with Crippen molar-refractivity contribution in [3.05, 3.63) is 23.9 Å². The van der Waals surface area contributed by atoms with E-state index in [0.29, 0.717) is 11.5 Å². The largest absolute Gasteiger partial charge is 0.353 e. The van der Waals surface area contributed by atoms with Gasteiger partial charge >= 0.3 is 0 Å². The van der Waals surface area contributed by atoms with Gasteiger partial charge in [0.05, 0.1) is 5.69 Å². The number of hydrogen-bond acceptors (Lipinski definition) is 6. The summed E-state index contributed by atoms with van der Waals surface area (Å²) in [4.78, 5) is 16.6. The Morgan fingerprint density at radius 2 is 2.07 bits per heavy atom. The summed E-state index contributed by atoms with van der Waals surface area (Å²) in [6, 6.07) is 3.68. The topological polar surface area (TPSA) is 88.9 Å². The Hall–Kier alpha value is -1.91. The van der Waals surface area contributed by atoms with Gasteiger partial charge in [0.15, 0.2) is 5.82 Å². The molecular weight excluding hydrogens is 414 g/mol. The van der Waals surface area contributed by atoms with Gasteiger partial charge in [-0.15, -0.1) is 0 Å². The van der Waals surface area contributed by atoms with E-state index in [9.17, 15) is 22.7 Å². The van der Waals surface area contributed by atoms with Crippen LogP contribution in [-0.2, 0) is 4.79 Å². The van der Waals surface area contributed by atoms with Crippen molar-refractivity contribution in [3.8, 4) is 0 Å². The molecule has 0 saturated heterocycles. The van der Waals surface area contributed by atoms with E-state index in [1.165, 1.54) is 15.7 Å². The predicted molar refractivity (Wildman–Crippen MR) is 112 cm³/mol. The number of fused-ring (bicyclic) bond motifs is 1. The molecule has 2 atom stereocenters. The highest BCUT2D eigenvalue weighted by atomic mass is 32.3. The lowest BCUT2D eigenvalue weighted by Crippen LogP contribution is -2.36. The molecule has 30 heavy (non-hydrogen) atoms. The fourth-order valence-corrected chi connectivity index (χ4v) is 5.62. The maximum atomic E-state index is 13.4. The van der Waals surface area contributed by atoms with Crippen LogP contribution in [0.3, 0.4) is 0 Å². The van der Waals surface area contributed by atoms with E-state index in [-0.39, 0.29) is 30.8 Å². The van der Waals surface area contributed by atoms with Crippen molar-refractivity contribution in [2.75, 3.05) is 22.2 Å². The lowest BCUT2D eigenvalue weighted by atomic mass is 9.93. The van der Waals surface area contributed by atoms with Gasteiger partial charge in [0, 0.05) is 37.9 Å². The zero-order valence-electron chi connectivity index (χ0n) is 16.7. The minimum atomic E-state index is -3.40. The summed E-state index contributed by atoms with van der Waals surface area (Å²) in [5.74, 6) is -2.86. The number of allylic oxidation sites excluding steroid dienone is 1. The Labute approximate surface area is 175 Å². The van der Waals surface area contributed by atoms with E-state index >= 15 is 0 Å². The van der Waals surface area contributed by atoms with Gasteiger partial charge in [0.1, 0.15) is 5.69 Å². The molecular formula is C20H26F2N4O3S. The summed E-state index contributed by atoms with van der Waals surface area (Å²) in [7, 11) is -1.88. The van der Waals surface area contributed by atoms with Gasteiger partial charge in [-0.25, -0.2) is 22.4 Å². The maximum absolute atomic E-state index is 13.4. The Kier molecular flexibility index (Phi) is 4.53. The van der Waals surface area contributed by atoms with Crippen LogP contribution < -0.4 is 13.9 Å². The minimum Gasteiger partial charge on any atom is -0.353 e. The number of carbonyl (C=O) groups excluding carboxylic acids is 1. The average molecular weight is 441 g/mol. The third kappa shape index (κ3) is 3.44. The molecule has 2 saturated carbocycles. The van der Waals surface area contributed by atoms with Crippen LogP contribution in [0.4, 0.5) is 20.3 Å². The molecule has 10 heteroatoms. The second kappa shape index (κ2) is 6.80. The fraction of sp³-hybridized carbons (Fsp3) is 0.600. The monoisotopic (exact) mass is 440 g/mol. The zero-order chi connectivity index (χ0) is 21.3. The van der Waals surface area contributed by atoms with Gasteiger partial charge in [-0.1, -0.05) is 6.08 Å². The van der Waals surface area contributed by atoms with Crippen LogP contribution in [0.2, 0.25) is 0 Å². The molecule has 3 N–H and O–H groups in total. The molecule has 0 radical (unpaired) electrons. The van der Waals surface area contributed by atoms with Crippen molar-refractivity contribution >= 4 is 33.9 Å².